The summed E-state index contributed by atoms with van der Waals surface area (Å²) in [5.41, 5.74) is -1.89. The first-order valence-electron chi connectivity index (χ1n) is 3.37. The van der Waals surface area contributed by atoms with Gasteiger partial charge in [0.1, 0.15) is 0 Å². The summed E-state index contributed by atoms with van der Waals surface area (Å²) < 4.78 is 4.26. The van der Waals surface area contributed by atoms with Gasteiger partial charge >= 0.3 is 0 Å². The van der Waals surface area contributed by atoms with Crippen molar-refractivity contribution in [2.75, 3.05) is 0 Å². The molecule has 0 aliphatic heterocycles. The smallest absolute Gasteiger partial charge is 0.292 e. The average molecular weight is 284 g/mol. The average Bonchev–Trinajstić information content (AvgIpc) is 2.04. The summed E-state index contributed by atoms with van der Waals surface area (Å²) in [6.07, 6.45) is 0. The summed E-state index contributed by atoms with van der Waals surface area (Å²) in [6.45, 7) is 0. The molecule has 78 valence electrons. The van der Waals surface area contributed by atoms with Gasteiger partial charge in [0.2, 0.25) is 0 Å². The zero-order valence-corrected chi connectivity index (χ0v) is 11.3. The molecule has 0 aliphatic rings. The van der Waals surface area contributed by atoms with Crippen LogP contribution in [-0.4, -0.2) is 10.4 Å². The second-order valence-corrected chi connectivity index (χ2v) is 7.85. The summed E-state index contributed by atoms with van der Waals surface area (Å²) in [6, 6.07) is 9.79. The first-order chi connectivity index (χ1) is 6.45. The minimum absolute atomic E-state index is 0.910. The molecule has 0 aliphatic carbocycles. The van der Waals surface area contributed by atoms with E-state index in [1.165, 1.54) is 0 Å². The fourth-order valence-electron chi connectivity index (χ4n) is 0.484. The van der Waals surface area contributed by atoms with E-state index in [4.69, 9.17) is 4.89 Å². The van der Waals surface area contributed by atoms with Gasteiger partial charge in [-0.1, -0.05) is 30.4 Å². The Morgan fingerprint density at radius 1 is 1.36 bits per heavy atom. The van der Waals surface area contributed by atoms with E-state index in [0.29, 0.717) is 0 Å². The molecular formula is C7H9O2PS4. The number of benzene rings is 1. The van der Waals surface area contributed by atoms with Gasteiger partial charge in [-0.3, -0.25) is 0 Å². The fraction of sp³-hybridized carbons (Fsp3) is 0. The lowest BCUT2D eigenvalue weighted by molar-refractivity contribution is 0.518. The van der Waals surface area contributed by atoms with Crippen LogP contribution in [0, 0.1) is 0 Å². The molecule has 1 aromatic rings. The van der Waals surface area contributed by atoms with Gasteiger partial charge in [0, 0.05) is 4.90 Å². The number of thiocarbonyl (C=S) groups is 1. The van der Waals surface area contributed by atoms with Crippen molar-refractivity contribution in [3.8, 4) is 0 Å². The fourth-order valence-corrected chi connectivity index (χ4v) is 1.77. The quantitative estimate of drug-likeness (QED) is 0.442. The Morgan fingerprint density at radius 3 is 2.00 bits per heavy atom. The van der Waals surface area contributed by atoms with Gasteiger partial charge in [0.25, 0.3) is 5.69 Å². The van der Waals surface area contributed by atoms with Crippen molar-refractivity contribution in [3.63, 3.8) is 0 Å². The van der Waals surface area contributed by atoms with Crippen molar-refractivity contribution in [2.45, 2.75) is 4.90 Å². The summed E-state index contributed by atoms with van der Waals surface area (Å²) >= 11 is 16.1. The molecule has 0 amide bonds. The molecule has 1 rings (SSSR count). The third-order valence-electron chi connectivity index (χ3n) is 0.937. The van der Waals surface area contributed by atoms with E-state index in [9.17, 15) is 0 Å². The highest BCUT2D eigenvalue weighted by Crippen LogP contribution is 2.46. The van der Waals surface area contributed by atoms with Crippen molar-refractivity contribution in [1.29, 1.82) is 0 Å². The standard InChI is InChI=1S/C6H6S.CH3O2PS3/c7-6-4-2-1-3-5-6;2-4(6,7)3-1-5/h1-5,7H;1H,(H2,2,6,7). The molecule has 0 fully saturated rings. The maximum Gasteiger partial charge on any atom is 0.292 e. The second kappa shape index (κ2) is 7.68. The number of rotatable bonds is 2. The maximum atomic E-state index is 8.49. The number of hydrogen-bond donors (Lipinski definition) is 3. The molecule has 1 aromatic carbocycles. The minimum Gasteiger partial charge on any atom is -0.433 e. The Balaban J connectivity index is 0.000000241. The van der Waals surface area contributed by atoms with E-state index >= 15 is 0 Å². The first kappa shape index (κ1) is 14.4. The van der Waals surface area contributed by atoms with Gasteiger partial charge < -0.3 is 9.42 Å². The summed E-state index contributed by atoms with van der Waals surface area (Å²) in [7, 11) is 0. The largest absolute Gasteiger partial charge is 0.433 e. The van der Waals surface area contributed by atoms with Crippen LogP contribution >= 0.6 is 42.8 Å². The van der Waals surface area contributed by atoms with Crippen LogP contribution in [-0.2, 0) is 16.3 Å². The van der Waals surface area contributed by atoms with Gasteiger partial charge in [-0.15, -0.1) is 12.6 Å². The van der Waals surface area contributed by atoms with E-state index in [0.717, 1.165) is 10.4 Å². The van der Waals surface area contributed by atoms with Crippen molar-refractivity contribution >= 4 is 60.1 Å². The normalized spacial score (nSPS) is 13.1. The van der Waals surface area contributed by atoms with Crippen LogP contribution in [0.1, 0.15) is 0 Å². The second-order valence-electron chi connectivity index (χ2n) is 2.03. The highest BCUT2D eigenvalue weighted by Gasteiger charge is 2.00. The van der Waals surface area contributed by atoms with Crippen molar-refractivity contribution in [3.05, 3.63) is 30.3 Å². The molecule has 0 saturated heterocycles. The van der Waals surface area contributed by atoms with Crippen molar-refractivity contribution in [1.82, 2.24) is 0 Å². The third kappa shape index (κ3) is 10.5. The molecule has 2 nitrogen and oxygen atoms in total. The van der Waals surface area contributed by atoms with E-state index in [2.05, 4.69) is 53.4 Å². The number of thiol groups is 2. The molecule has 1 unspecified atom stereocenters. The van der Waals surface area contributed by atoms with Crippen molar-refractivity contribution in [2.24, 2.45) is 0 Å². The van der Waals surface area contributed by atoms with E-state index in [1.807, 2.05) is 30.3 Å². The molecule has 0 radical (unpaired) electrons. The van der Waals surface area contributed by atoms with E-state index in [-0.39, 0.29) is 0 Å². The topological polar surface area (TPSA) is 29.5 Å². The number of hydrogen-bond acceptors (Lipinski definition) is 4. The third-order valence-corrected chi connectivity index (χ3v) is 2.39. The van der Waals surface area contributed by atoms with Crippen LogP contribution in [0.5, 0.6) is 0 Å². The van der Waals surface area contributed by atoms with Crippen LogP contribution in [0.4, 0.5) is 0 Å². The predicted molar refractivity (Wildman–Crippen MR) is 73.9 cm³/mol. The SMILES string of the molecule is OP(=S)(S)OC=S.Sc1ccccc1. The van der Waals surface area contributed by atoms with Gasteiger partial charge in [0.15, 0.2) is 5.55 Å². The zero-order valence-electron chi connectivity index (χ0n) is 6.98. The lowest BCUT2D eigenvalue weighted by atomic mass is 10.4. The maximum absolute atomic E-state index is 8.49. The van der Waals surface area contributed by atoms with Crippen LogP contribution in [0.2, 0.25) is 0 Å². The molecular weight excluding hydrogens is 275 g/mol. The molecule has 0 spiro atoms. The Morgan fingerprint density at radius 2 is 1.86 bits per heavy atom. The van der Waals surface area contributed by atoms with Gasteiger partial charge in [-0.2, -0.15) is 0 Å². The van der Waals surface area contributed by atoms with Crippen LogP contribution in [0.25, 0.3) is 0 Å². The molecule has 0 aromatic heterocycles. The van der Waals surface area contributed by atoms with Gasteiger partial charge in [-0.25, -0.2) is 0 Å². The highest BCUT2D eigenvalue weighted by molar-refractivity contribution is 8.59. The lowest BCUT2D eigenvalue weighted by Gasteiger charge is -2.01. The Kier molecular flexibility index (Phi) is 7.91. The zero-order chi connectivity index (χ0) is 11.0. The molecule has 1 N–H and O–H groups in total. The van der Waals surface area contributed by atoms with E-state index in [1.54, 1.807) is 0 Å². The summed E-state index contributed by atoms with van der Waals surface area (Å²) in [5.74, 6) is 0. The van der Waals surface area contributed by atoms with Crippen LogP contribution in [0.15, 0.2) is 35.2 Å². The Labute approximate surface area is 104 Å². The summed E-state index contributed by atoms with van der Waals surface area (Å²) in [4.78, 5) is 9.50. The lowest BCUT2D eigenvalue weighted by Crippen LogP contribution is -1.72. The van der Waals surface area contributed by atoms with Crippen LogP contribution < -0.4 is 0 Å². The molecule has 1 atom stereocenters. The predicted octanol–water partition coefficient (Wildman–Crippen LogP) is 3.08. The summed E-state index contributed by atoms with van der Waals surface area (Å²) in [5, 5.41) is 0. The van der Waals surface area contributed by atoms with Gasteiger partial charge in [-0.05, 0) is 36.2 Å². The molecule has 0 saturated carbocycles. The Bertz CT molecular complexity index is 311. The van der Waals surface area contributed by atoms with Crippen LogP contribution in [0.3, 0.4) is 0 Å². The minimum atomic E-state index is -2.80. The molecule has 0 bridgehead atoms. The highest BCUT2D eigenvalue weighted by atomic mass is 32.9. The first-order valence-corrected chi connectivity index (χ1v) is 8.12. The monoisotopic (exact) mass is 284 g/mol. The molecule has 14 heavy (non-hydrogen) atoms. The van der Waals surface area contributed by atoms with Crippen molar-refractivity contribution < 1.29 is 9.42 Å². The molecule has 0 heterocycles. The molecule has 7 heteroatoms. The Hall–Kier alpha value is 0.420. The van der Waals surface area contributed by atoms with E-state index < -0.39 is 5.69 Å². The van der Waals surface area contributed by atoms with Gasteiger partial charge in [0.05, 0.1) is 0 Å².